The fraction of sp³-hybridized carbons (Fsp3) is 0.636. The van der Waals surface area contributed by atoms with Crippen LogP contribution in [0.25, 0.3) is 0 Å². The monoisotopic (exact) mass is 275 g/mol. The molecule has 1 saturated heterocycles. The summed E-state index contributed by atoms with van der Waals surface area (Å²) >= 11 is 1.65. The van der Waals surface area contributed by atoms with Gasteiger partial charge >= 0.3 is 0 Å². The highest BCUT2D eigenvalue weighted by molar-refractivity contribution is 7.91. The van der Waals surface area contributed by atoms with Crippen LogP contribution in [0.4, 0.5) is 0 Å². The van der Waals surface area contributed by atoms with Gasteiger partial charge < -0.3 is 10.4 Å². The topological polar surface area (TPSA) is 66.4 Å². The van der Waals surface area contributed by atoms with Gasteiger partial charge in [-0.25, -0.2) is 8.42 Å². The standard InChI is InChI=1S/C11H17NO3S2/c1-2-8(11-4-3-5-16-11)12-9-6-17(14,15)7-10(9)13/h3-5,8-10,12-13H,2,6-7H2,1H3. The second-order valence-corrected chi connectivity index (χ2v) is 7.53. The molecule has 2 heterocycles. The first kappa shape index (κ1) is 13.0. The number of sulfone groups is 1. The Bertz CT molecular complexity index is 455. The molecule has 2 N–H and O–H groups in total. The van der Waals surface area contributed by atoms with E-state index in [0.29, 0.717) is 0 Å². The molecule has 17 heavy (non-hydrogen) atoms. The predicted octanol–water partition coefficient (Wildman–Crippen LogP) is 0.947. The van der Waals surface area contributed by atoms with Gasteiger partial charge in [0.05, 0.1) is 17.6 Å². The molecule has 2 rings (SSSR count). The number of aliphatic hydroxyl groups excluding tert-OH is 1. The molecule has 0 aliphatic carbocycles. The Morgan fingerprint density at radius 1 is 1.59 bits per heavy atom. The van der Waals surface area contributed by atoms with Gasteiger partial charge in [-0.15, -0.1) is 11.3 Å². The van der Waals surface area contributed by atoms with Crippen LogP contribution >= 0.6 is 11.3 Å². The third-order valence-corrected chi connectivity index (χ3v) is 5.74. The Labute approximate surface area is 106 Å². The van der Waals surface area contributed by atoms with E-state index in [0.717, 1.165) is 6.42 Å². The lowest BCUT2D eigenvalue weighted by atomic mass is 10.1. The summed E-state index contributed by atoms with van der Waals surface area (Å²) in [5.74, 6) is -0.0818. The molecule has 0 bridgehead atoms. The molecular formula is C11H17NO3S2. The zero-order valence-electron chi connectivity index (χ0n) is 9.67. The number of hydrogen-bond acceptors (Lipinski definition) is 5. The highest BCUT2D eigenvalue weighted by Gasteiger charge is 2.37. The van der Waals surface area contributed by atoms with Gasteiger partial charge in [0.2, 0.25) is 0 Å². The van der Waals surface area contributed by atoms with Crippen LogP contribution in [0.1, 0.15) is 24.3 Å². The average molecular weight is 275 g/mol. The molecule has 1 aliphatic rings. The van der Waals surface area contributed by atoms with Crippen molar-refractivity contribution in [3.8, 4) is 0 Å². The molecule has 1 aliphatic heterocycles. The summed E-state index contributed by atoms with van der Waals surface area (Å²) in [6, 6.07) is 3.79. The van der Waals surface area contributed by atoms with E-state index in [1.807, 2.05) is 24.4 Å². The summed E-state index contributed by atoms with van der Waals surface area (Å²) in [6.45, 7) is 2.05. The fourth-order valence-corrected chi connectivity index (χ4v) is 4.76. The van der Waals surface area contributed by atoms with Gasteiger partial charge in [-0.1, -0.05) is 13.0 Å². The van der Waals surface area contributed by atoms with E-state index in [2.05, 4.69) is 5.32 Å². The average Bonchev–Trinajstić information content (AvgIpc) is 2.83. The molecule has 96 valence electrons. The van der Waals surface area contributed by atoms with Crippen LogP contribution in [0.15, 0.2) is 17.5 Å². The van der Waals surface area contributed by atoms with Gasteiger partial charge in [-0.05, 0) is 17.9 Å². The Balaban J connectivity index is 2.05. The van der Waals surface area contributed by atoms with Crippen LogP contribution in [0, 0.1) is 0 Å². The lowest BCUT2D eigenvalue weighted by Crippen LogP contribution is -2.40. The lowest BCUT2D eigenvalue weighted by Gasteiger charge is -2.22. The van der Waals surface area contributed by atoms with Crippen molar-refractivity contribution in [1.29, 1.82) is 0 Å². The zero-order chi connectivity index (χ0) is 12.5. The van der Waals surface area contributed by atoms with E-state index < -0.39 is 15.9 Å². The van der Waals surface area contributed by atoms with Crippen molar-refractivity contribution in [3.05, 3.63) is 22.4 Å². The van der Waals surface area contributed by atoms with Crippen LogP contribution in [0.3, 0.4) is 0 Å². The van der Waals surface area contributed by atoms with Gasteiger partial charge in [0.25, 0.3) is 0 Å². The number of hydrogen-bond donors (Lipinski definition) is 2. The third-order valence-electron chi connectivity index (χ3n) is 3.03. The number of thiophene rings is 1. The largest absolute Gasteiger partial charge is 0.390 e. The van der Waals surface area contributed by atoms with Crippen LogP contribution in [-0.2, 0) is 9.84 Å². The van der Waals surface area contributed by atoms with Crippen LogP contribution in [0.5, 0.6) is 0 Å². The quantitative estimate of drug-likeness (QED) is 0.858. The fourth-order valence-electron chi connectivity index (χ4n) is 2.14. The van der Waals surface area contributed by atoms with Gasteiger partial charge in [0, 0.05) is 17.0 Å². The molecule has 1 aromatic heterocycles. The van der Waals surface area contributed by atoms with Gasteiger partial charge in [-0.2, -0.15) is 0 Å². The van der Waals surface area contributed by atoms with E-state index in [9.17, 15) is 13.5 Å². The highest BCUT2D eigenvalue weighted by Crippen LogP contribution is 2.24. The van der Waals surface area contributed by atoms with Gasteiger partial charge in [-0.3, -0.25) is 0 Å². The van der Waals surface area contributed by atoms with E-state index in [1.54, 1.807) is 11.3 Å². The molecular weight excluding hydrogens is 258 g/mol. The Kier molecular flexibility index (Phi) is 3.87. The number of aliphatic hydroxyl groups is 1. The molecule has 0 saturated carbocycles. The number of rotatable bonds is 4. The zero-order valence-corrected chi connectivity index (χ0v) is 11.3. The molecule has 1 aromatic rings. The summed E-state index contributed by atoms with van der Waals surface area (Å²) in [5.41, 5.74) is 0. The first-order chi connectivity index (χ1) is 8.02. The molecule has 0 radical (unpaired) electrons. The Morgan fingerprint density at radius 2 is 2.35 bits per heavy atom. The summed E-state index contributed by atoms with van der Waals surface area (Å²) in [5, 5.41) is 15.0. The minimum Gasteiger partial charge on any atom is -0.390 e. The van der Waals surface area contributed by atoms with E-state index >= 15 is 0 Å². The van der Waals surface area contributed by atoms with Crippen molar-refractivity contribution in [2.75, 3.05) is 11.5 Å². The van der Waals surface area contributed by atoms with Crippen molar-refractivity contribution in [1.82, 2.24) is 5.32 Å². The van der Waals surface area contributed by atoms with Crippen LogP contribution in [0.2, 0.25) is 0 Å². The minimum atomic E-state index is -3.08. The van der Waals surface area contributed by atoms with Crippen molar-refractivity contribution in [2.24, 2.45) is 0 Å². The second kappa shape index (κ2) is 5.06. The third kappa shape index (κ3) is 3.07. The Morgan fingerprint density at radius 3 is 2.82 bits per heavy atom. The van der Waals surface area contributed by atoms with Crippen molar-refractivity contribution in [3.63, 3.8) is 0 Å². The summed E-state index contributed by atoms with van der Waals surface area (Å²) in [6.07, 6.45) is 0.0954. The summed E-state index contributed by atoms with van der Waals surface area (Å²) in [7, 11) is -3.08. The molecule has 3 unspecified atom stereocenters. The predicted molar refractivity (Wildman–Crippen MR) is 68.9 cm³/mol. The molecule has 4 nitrogen and oxygen atoms in total. The molecule has 0 aromatic carbocycles. The van der Waals surface area contributed by atoms with Crippen molar-refractivity contribution >= 4 is 21.2 Å². The molecule has 6 heteroatoms. The smallest absolute Gasteiger partial charge is 0.154 e. The minimum absolute atomic E-state index is 0.0377. The molecule has 1 fully saturated rings. The highest BCUT2D eigenvalue weighted by atomic mass is 32.2. The summed E-state index contributed by atoms with van der Waals surface area (Å²) < 4.78 is 22.8. The van der Waals surface area contributed by atoms with Gasteiger partial charge in [0.1, 0.15) is 0 Å². The Hall–Kier alpha value is -0.430. The normalized spacial score (nSPS) is 29.3. The maximum Gasteiger partial charge on any atom is 0.154 e. The number of nitrogens with one attached hydrogen (secondary N) is 1. The van der Waals surface area contributed by atoms with Gasteiger partial charge in [0.15, 0.2) is 9.84 Å². The maximum absolute atomic E-state index is 11.4. The van der Waals surface area contributed by atoms with E-state index in [1.165, 1.54) is 4.88 Å². The first-order valence-corrected chi connectivity index (χ1v) is 8.40. The van der Waals surface area contributed by atoms with E-state index in [-0.39, 0.29) is 23.6 Å². The molecule has 0 spiro atoms. The van der Waals surface area contributed by atoms with Crippen molar-refractivity contribution in [2.45, 2.75) is 31.5 Å². The molecule has 3 atom stereocenters. The lowest BCUT2D eigenvalue weighted by molar-refractivity contribution is 0.158. The first-order valence-electron chi connectivity index (χ1n) is 5.70. The van der Waals surface area contributed by atoms with Crippen LogP contribution < -0.4 is 5.32 Å². The SMILES string of the molecule is CCC(NC1CS(=O)(=O)CC1O)c1cccs1. The second-order valence-electron chi connectivity index (χ2n) is 4.39. The van der Waals surface area contributed by atoms with Crippen LogP contribution in [-0.4, -0.2) is 37.2 Å². The summed E-state index contributed by atoms with van der Waals surface area (Å²) in [4.78, 5) is 1.18. The van der Waals surface area contributed by atoms with Crippen molar-refractivity contribution < 1.29 is 13.5 Å². The maximum atomic E-state index is 11.4. The molecule has 0 amide bonds. The van der Waals surface area contributed by atoms with E-state index in [4.69, 9.17) is 0 Å².